The van der Waals surface area contributed by atoms with Gasteiger partial charge in [0, 0.05) is 44.0 Å². The molecular weight excluding hydrogens is 738 g/mol. The van der Waals surface area contributed by atoms with Crippen molar-refractivity contribution in [3.63, 3.8) is 0 Å². The van der Waals surface area contributed by atoms with E-state index in [1.807, 2.05) is 4.90 Å². The van der Waals surface area contributed by atoms with Crippen LogP contribution in [0.4, 0.5) is 24.7 Å². The first-order valence-electron chi connectivity index (χ1n) is 15.9. The second-order valence-electron chi connectivity index (χ2n) is 11.5. The van der Waals surface area contributed by atoms with Crippen molar-refractivity contribution < 1.29 is 40.7 Å². The molecule has 6 rings (SSSR count). The largest absolute Gasteiger partial charge is 0.453 e. The lowest BCUT2D eigenvalue weighted by atomic mass is 10.1. The van der Waals surface area contributed by atoms with E-state index in [-0.39, 0.29) is 50.3 Å². The van der Waals surface area contributed by atoms with Crippen LogP contribution in [0.1, 0.15) is 11.1 Å². The number of amides is 1. The lowest BCUT2D eigenvalue weighted by Gasteiger charge is -2.34. The molecule has 0 radical (unpaired) electrons. The summed E-state index contributed by atoms with van der Waals surface area (Å²) in [6.45, 7) is 2.10. The summed E-state index contributed by atoms with van der Waals surface area (Å²) < 4.78 is 75.3. The summed E-state index contributed by atoms with van der Waals surface area (Å²) in [5, 5.41) is 28.0. The van der Waals surface area contributed by atoms with Crippen LogP contribution >= 0.6 is 11.8 Å². The molecule has 1 fully saturated rings. The Morgan fingerprint density at radius 1 is 1.00 bits per heavy atom. The topological polar surface area (TPSA) is 181 Å². The lowest BCUT2D eigenvalue weighted by molar-refractivity contribution is -0.832. The lowest BCUT2D eigenvalue weighted by Crippen LogP contribution is -2.50. The third kappa shape index (κ3) is 8.68. The number of carbonyl (C=O) groups is 1. The molecule has 0 bridgehead atoms. The molecule has 0 spiro atoms. The Kier molecular flexibility index (Phi) is 11.1. The van der Waals surface area contributed by atoms with E-state index in [4.69, 9.17) is 4.74 Å². The van der Waals surface area contributed by atoms with E-state index in [0.29, 0.717) is 44.0 Å². The van der Waals surface area contributed by atoms with Gasteiger partial charge in [0.2, 0.25) is 5.91 Å². The van der Waals surface area contributed by atoms with Gasteiger partial charge in [-0.05, 0) is 41.3 Å². The predicted molar refractivity (Wildman–Crippen MR) is 184 cm³/mol. The van der Waals surface area contributed by atoms with Crippen LogP contribution in [0, 0.1) is 16.5 Å². The first-order chi connectivity index (χ1) is 25.4. The van der Waals surface area contributed by atoms with Crippen LogP contribution in [0.3, 0.4) is 0 Å². The molecule has 0 saturated carbocycles. The van der Waals surface area contributed by atoms with Gasteiger partial charge in [-0.25, -0.2) is 18.4 Å². The van der Waals surface area contributed by atoms with Crippen LogP contribution in [0.2, 0.25) is 0 Å². The zero-order valence-corrected chi connectivity index (χ0v) is 29.2. The van der Waals surface area contributed by atoms with Crippen molar-refractivity contribution in [1.29, 1.82) is 5.26 Å². The fourth-order valence-electron chi connectivity index (χ4n) is 5.34. The van der Waals surface area contributed by atoms with Crippen LogP contribution in [0.5, 0.6) is 5.88 Å². The average molecular weight is 767 g/mol. The van der Waals surface area contributed by atoms with Gasteiger partial charge in [-0.1, -0.05) is 60.3 Å². The number of piperazine rings is 1. The number of sulfone groups is 1. The third-order valence-electron chi connectivity index (χ3n) is 8.07. The van der Waals surface area contributed by atoms with Crippen molar-refractivity contribution in [1.82, 2.24) is 24.9 Å². The minimum absolute atomic E-state index is 0.00371. The number of aromatic nitrogens is 4. The normalized spacial score (nSPS) is 13.7. The van der Waals surface area contributed by atoms with Crippen LogP contribution in [0.25, 0.3) is 11.3 Å². The number of ether oxygens (including phenoxy) is 1. The first kappa shape index (κ1) is 37.1. The molecule has 5 aromatic rings. The highest BCUT2D eigenvalue weighted by Gasteiger charge is 2.36. The highest BCUT2D eigenvalue weighted by atomic mass is 32.2. The standard InChI is InChI=1S/C34H29F3N8O6S2/c35-34(36,37)24-11-13-25(14-12-24)39-30-27(21-38)29(23-7-3-1-4-8-23)40-33(41-30)52-22-28(46)44-17-15-43(16-18-44)19-20-50-31-32(45(47)51-42-31)53(48,49)26-9-5-2-6-10-26/h1-14H,15-20,22H2,(H,39,40,41). The van der Waals surface area contributed by atoms with E-state index in [9.17, 15) is 36.9 Å². The molecule has 0 aliphatic carbocycles. The van der Waals surface area contributed by atoms with Gasteiger partial charge in [-0.2, -0.15) is 18.4 Å². The van der Waals surface area contributed by atoms with E-state index in [1.54, 1.807) is 41.3 Å². The molecule has 14 nitrogen and oxygen atoms in total. The number of thioether (sulfide) groups is 1. The van der Waals surface area contributed by atoms with Crippen LogP contribution in [-0.2, 0) is 20.8 Å². The minimum atomic E-state index is -4.51. The smallest absolute Gasteiger partial charge is 0.416 e. The van der Waals surface area contributed by atoms with Gasteiger partial charge in [0.1, 0.15) is 18.2 Å². The van der Waals surface area contributed by atoms with Crippen LogP contribution in [-0.4, -0.2) is 84.3 Å². The second-order valence-corrected chi connectivity index (χ2v) is 14.3. The number of hydrogen-bond donors (Lipinski definition) is 1. The molecule has 1 N–H and O–H groups in total. The maximum atomic E-state index is 13.2. The first-order valence-corrected chi connectivity index (χ1v) is 18.4. The molecule has 53 heavy (non-hydrogen) atoms. The number of anilines is 2. The maximum Gasteiger partial charge on any atom is 0.416 e. The number of benzene rings is 3. The summed E-state index contributed by atoms with van der Waals surface area (Å²) in [5.41, 5.74) is 0.436. The summed E-state index contributed by atoms with van der Waals surface area (Å²) in [7, 11) is -4.25. The summed E-state index contributed by atoms with van der Waals surface area (Å²) in [4.78, 5) is 25.6. The number of carbonyl (C=O) groups excluding carboxylic acids is 1. The summed E-state index contributed by atoms with van der Waals surface area (Å²) in [6.07, 6.45) is -4.51. The molecular formula is C34H29F3N8O6S2. The molecule has 274 valence electrons. The average Bonchev–Trinajstić information content (AvgIpc) is 3.55. The van der Waals surface area contributed by atoms with Crippen molar-refractivity contribution >= 4 is 39.0 Å². The number of rotatable bonds is 12. The number of alkyl halides is 3. The molecule has 0 unspecified atom stereocenters. The number of halogens is 3. The molecule has 3 aromatic carbocycles. The zero-order valence-electron chi connectivity index (χ0n) is 27.6. The Morgan fingerprint density at radius 3 is 2.30 bits per heavy atom. The fraction of sp³-hybridized carbons (Fsp3) is 0.235. The SMILES string of the molecule is N#Cc1c(Nc2ccc(C(F)(F)F)cc2)nc(SCC(=O)N2CCN(CCOc3no[n+]([O-])c3S(=O)(=O)c3ccccc3)CC2)nc1-c1ccccc1. The van der Waals surface area contributed by atoms with Crippen molar-refractivity contribution in [2.45, 2.75) is 21.3 Å². The molecule has 1 amide bonds. The van der Waals surface area contributed by atoms with Crippen molar-refractivity contribution in [2.24, 2.45) is 0 Å². The number of hydrogen-bond acceptors (Lipinski definition) is 13. The maximum absolute atomic E-state index is 13.2. The number of nitrogens with zero attached hydrogens (tertiary/aromatic N) is 7. The highest BCUT2D eigenvalue weighted by Crippen LogP contribution is 2.33. The van der Waals surface area contributed by atoms with E-state index in [2.05, 4.69) is 31.1 Å². The Hall–Kier alpha value is -5.71. The van der Waals surface area contributed by atoms with Gasteiger partial charge in [-0.15, -0.1) is 0 Å². The molecule has 1 aliphatic heterocycles. The van der Waals surface area contributed by atoms with Gasteiger partial charge in [0.15, 0.2) is 11.0 Å². The van der Waals surface area contributed by atoms with Gasteiger partial charge in [0.05, 0.1) is 27.1 Å². The Morgan fingerprint density at radius 2 is 1.66 bits per heavy atom. The van der Waals surface area contributed by atoms with Crippen molar-refractivity contribution in [2.75, 3.05) is 50.4 Å². The monoisotopic (exact) mass is 766 g/mol. The Balaban J connectivity index is 1.06. The molecule has 0 atom stereocenters. The highest BCUT2D eigenvalue weighted by molar-refractivity contribution is 7.99. The summed E-state index contributed by atoms with van der Waals surface area (Å²) >= 11 is 1.06. The molecule has 19 heteroatoms. The molecule has 3 heterocycles. The van der Waals surface area contributed by atoms with Gasteiger partial charge in [-0.3, -0.25) is 14.3 Å². The van der Waals surface area contributed by atoms with Gasteiger partial charge in [0.25, 0.3) is 9.84 Å². The van der Waals surface area contributed by atoms with Crippen molar-refractivity contribution in [3.05, 3.63) is 101 Å². The molecule has 2 aromatic heterocycles. The van der Waals surface area contributed by atoms with Crippen LogP contribution < -0.4 is 15.0 Å². The number of nitrogens with one attached hydrogen (secondary N) is 1. The van der Waals surface area contributed by atoms with Crippen LogP contribution in [0.15, 0.2) is 105 Å². The predicted octanol–water partition coefficient (Wildman–Crippen LogP) is 4.55. The molecule has 1 saturated heterocycles. The fourth-order valence-corrected chi connectivity index (χ4v) is 7.38. The van der Waals surface area contributed by atoms with Gasteiger partial charge >= 0.3 is 17.1 Å². The minimum Gasteiger partial charge on any atom is -0.453 e. The van der Waals surface area contributed by atoms with E-state index in [0.717, 1.165) is 23.9 Å². The summed E-state index contributed by atoms with van der Waals surface area (Å²) in [6, 6.07) is 22.6. The van der Waals surface area contributed by atoms with Gasteiger partial charge < -0.3 is 20.2 Å². The van der Waals surface area contributed by atoms with E-state index >= 15 is 0 Å². The Labute approximate surface area is 305 Å². The number of nitriles is 1. The quantitative estimate of drug-likeness (QED) is 0.106. The van der Waals surface area contributed by atoms with E-state index in [1.165, 1.54) is 36.4 Å². The molecule has 1 aliphatic rings. The third-order valence-corrected chi connectivity index (χ3v) is 10.6. The second kappa shape index (κ2) is 15.9. The van der Waals surface area contributed by atoms with Crippen molar-refractivity contribution in [3.8, 4) is 23.2 Å². The zero-order chi connectivity index (χ0) is 37.6. The Bertz CT molecular complexity index is 2210. The summed E-state index contributed by atoms with van der Waals surface area (Å²) in [5.74, 6) is -0.584. The van der Waals surface area contributed by atoms with E-state index < -0.39 is 32.5 Å².